The largest absolute Gasteiger partial charge is 0.383 e. The Morgan fingerprint density at radius 1 is 1.36 bits per heavy atom. The Morgan fingerprint density at radius 2 is 2.16 bits per heavy atom. The number of ether oxygens (including phenoxy) is 1. The number of fused-ring (bicyclic) bond motifs is 3. The van der Waals surface area contributed by atoms with Crippen molar-refractivity contribution in [3.8, 4) is 0 Å². The molecule has 0 bridgehead atoms. The molecule has 1 aliphatic carbocycles. The summed E-state index contributed by atoms with van der Waals surface area (Å²) < 4.78 is 5.56. The predicted octanol–water partition coefficient (Wildman–Crippen LogP) is 1.23. The maximum absolute atomic E-state index is 11.8. The van der Waals surface area contributed by atoms with Crippen LogP contribution in [0.4, 0.5) is 5.82 Å². The van der Waals surface area contributed by atoms with E-state index in [-0.39, 0.29) is 12.0 Å². The van der Waals surface area contributed by atoms with Crippen LogP contribution in [-0.4, -0.2) is 46.1 Å². The molecule has 0 aromatic carbocycles. The maximum atomic E-state index is 11.8. The highest BCUT2D eigenvalue weighted by molar-refractivity contribution is 7.19. The lowest BCUT2D eigenvalue weighted by atomic mass is 9.97. The van der Waals surface area contributed by atoms with E-state index in [4.69, 9.17) is 21.2 Å². The van der Waals surface area contributed by atoms with Crippen LogP contribution in [0.2, 0.25) is 0 Å². The summed E-state index contributed by atoms with van der Waals surface area (Å²) in [5.41, 5.74) is 13.2. The van der Waals surface area contributed by atoms with Crippen LogP contribution >= 0.6 is 11.3 Å². The van der Waals surface area contributed by atoms with Crippen LogP contribution in [0.25, 0.3) is 10.2 Å². The van der Waals surface area contributed by atoms with E-state index >= 15 is 0 Å². The number of amides is 1. The molecule has 1 amide bonds. The lowest BCUT2D eigenvalue weighted by Gasteiger charge is -2.37. The molecule has 134 valence electrons. The normalized spacial score (nSPS) is 24.4. The highest BCUT2D eigenvalue weighted by Gasteiger charge is 2.34. The number of primary amides is 1. The average Bonchev–Trinajstić information content (AvgIpc) is 2.93. The second kappa shape index (κ2) is 6.51. The van der Waals surface area contributed by atoms with E-state index in [0.29, 0.717) is 31.3 Å². The molecule has 8 heteroatoms. The minimum absolute atomic E-state index is 0.235. The smallest absolute Gasteiger partial charge is 0.237 e. The molecule has 4 rings (SSSR count). The number of aromatic nitrogens is 2. The molecule has 0 radical (unpaired) electrons. The van der Waals surface area contributed by atoms with Crippen molar-refractivity contribution in [2.45, 2.75) is 51.3 Å². The average molecular weight is 361 g/mol. The molecule has 0 spiro atoms. The summed E-state index contributed by atoms with van der Waals surface area (Å²) in [4.78, 5) is 25.4. The van der Waals surface area contributed by atoms with Gasteiger partial charge in [-0.1, -0.05) is 0 Å². The lowest BCUT2D eigenvalue weighted by molar-refractivity contribution is -0.136. The van der Waals surface area contributed by atoms with Crippen molar-refractivity contribution < 1.29 is 9.53 Å². The topological polar surface area (TPSA) is 107 Å². The summed E-state index contributed by atoms with van der Waals surface area (Å²) in [7, 11) is 0. The molecule has 2 aromatic rings. The van der Waals surface area contributed by atoms with Crippen molar-refractivity contribution >= 4 is 33.3 Å². The van der Waals surface area contributed by atoms with E-state index in [1.807, 2.05) is 11.8 Å². The molecule has 4 N–H and O–H groups in total. The fraction of sp³-hybridized carbons (Fsp3) is 0.588. The van der Waals surface area contributed by atoms with Crippen LogP contribution in [0.5, 0.6) is 0 Å². The number of carbonyl (C=O) groups is 1. The summed E-state index contributed by atoms with van der Waals surface area (Å²) >= 11 is 1.73. The van der Waals surface area contributed by atoms with Crippen LogP contribution in [0.15, 0.2) is 0 Å². The third kappa shape index (κ3) is 2.98. The molecule has 1 fully saturated rings. The zero-order valence-electron chi connectivity index (χ0n) is 14.3. The van der Waals surface area contributed by atoms with Gasteiger partial charge in [0.25, 0.3) is 0 Å². The van der Waals surface area contributed by atoms with Crippen molar-refractivity contribution in [2.24, 2.45) is 5.73 Å². The molecule has 7 nitrogen and oxygen atoms in total. The lowest BCUT2D eigenvalue weighted by Crippen LogP contribution is -2.56. The van der Waals surface area contributed by atoms with E-state index in [0.717, 1.165) is 23.1 Å². The van der Waals surface area contributed by atoms with Crippen molar-refractivity contribution in [3.63, 3.8) is 0 Å². The van der Waals surface area contributed by atoms with E-state index in [1.54, 1.807) is 11.3 Å². The van der Waals surface area contributed by atoms with Gasteiger partial charge in [0.05, 0.1) is 24.6 Å². The number of morpholine rings is 1. The Hall–Kier alpha value is -1.77. The van der Waals surface area contributed by atoms with Crippen molar-refractivity contribution in [1.82, 2.24) is 14.9 Å². The number of nitrogen functional groups attached to an aromatic ring is 1. The van der Waals surface area contributed by atoms with Crippen LogP contribution < -0.4 is 11.5 Å². The first-order valence-electron chi connectivity index (χ1n) is 8.76. The zero-order chi connectivity index (χ0) is 17.6. The quantitative estimate of drug-likeness (QED) is 0.851. The number of nitrogens with two attached hydrogens (primary N) is 2. The van der Waals surface area contributed by atoms with E-state index in [1.165, 1.54) is 23.3 Å². The summed E-state index contributed by atoms with van der Waals surface area (Å²) in [6.45, 7) is 3.51. The van der Waals surface area contributed by atoms with Gasteiger partial charge in [0.15, 0.2) is 0 Å². The third-order valence-electron chi connectivity index (χ3n) is 5.12. The highest BCUT2D eigenvalue weighted by atomic mass is 32.1. The Bertz CT molecular complexity index is 821. The SMILES string of the molecule is C[C@H]1OCCN(Cc2nc(N)c3c4c(sc3n2)CCCC4)[C@@H]1C(N)=O. The Kier molecular flexibility index (Phi) is 4.35. The fourth-order valence-electron chi connectivity index (χ4n) is 3.96. The Balaban J connectivity index is 1.66. The molecule has 2 atom stereocenters. The van der Waals surface area contributed by atoms with Crippen LogP contribution in [0.1, 0.15) is 36.0 Å². The fourth-order valence-corrected chi connectivity index (χ4v) is 5.24. The van der Waals surface area contributed by atoms with Gasteiger partial charge in [-0.3, -0.25) is 9.69 Å². The number of anilines is 1. The predicted molar refractivity (Wildman–Crippen MR) is 97.3 cm³/mol. The first-order valence-corrected chi connectivity index (χ1v) is 9.58. The number of thiophene rings is 1. The first-order chi connectivity index (χ1) is 12.0. The van der Waals surface area contributed by atoms with E-state index < -0.39 is 6.04 Å². The number of nitrogens with zero attached hydrogens (tertiary/aromatic N) is 3. The van der Waals surface area contributed by atoms with Crippen LogP contribution in [-0.2, 0) is 28.9 Å². The third-order valence-corrected chi connectivity index (χ3v) is 6.31. The minimum atomic E-state index is -0.467. The van der Waals surface area contributed by atoms with Crippen molar-refractivity contribution in [2.75, 3.05) is 18.9 Å². The second-order valence-corrected chi connectivity index (χ2v) is 7.89. The molecule has 0 unspecified atom stereocenters. The molecule has 1 aliphatic heterocycles. The van der Waals surface area contributed by atoms with Gasteiger partial charge >= 0.3 is 0 Å². The Morgan fingerprint density at radius 3 is 2.96 bits per heavy atom. The highest BCUT2D eigenvalue weighted by Crippen LogP contribution is 2.37. The summed E-state index contributed by atoms with van der Waals surface area (Å²) in [5.74, 6) is 0.813. The molecule has 3 heterocycles. The van der Waals surface area contributed by atoms with Gasteiger partial charge in [0.2, 0.25) is 5.91 Å². The number of rotatable bonds is 3. The molecule has 0 saturated carbocycles. The number of aryl methyl sites for hydroxylation is 2. The minimum Gasteiger partial charge on any atom is -0.383 e. The standard InChI is InChI=1S/C17H23N5O2S/c1-9-14(16(19)23)22(6-7-24-9)8-12-20-15(18)13-10-4-2-3-5-11(10)25-17(13)21-12/h9,14H,2-8H2,1H3,(H2,19,23)(H2,18,20,21)/t9-,14+/m1/s1. The van der Waals surface area contributed by atoms with Crippen molar-refractivity contribution in [1.29, 1.82) is 0 Å². The zero-order valence-corrected chi connectivity index (χ0v) is 15.1. The van der Waals surface area contributed by atoms with Gasteiger partial charge in [-0.15, -0.1) is 11.3 Å². The molecular formula is C17H23N5O2S. The maximum Gasteiger partial charge on any atom is 0.237 e. The summed E-state index contributed by atoms with van der Waals surface area (Å²) in [6, 6.07) is -0.467. The number of hydrogen-bond acceptors (Lipinski definition) is 7. The summed E-state index contributed by atoms with van der Waals surface area (Å²) in [5, 5.41) is 1.03. The van der Waals surface area contributed by atoms with Gasteiger partial charge in [0, 0.05) is 11.4 Å². The van der Waals surface area contributed by atoms with Crippen LogP contribution in [0.3, 0.4) is 0 Å². The van der Waals surface area contributed by atoms with E-state index in [9.17, 15) is 4.79 Å². The van der Waals surface area contributed by atoms with Gasteiger partial charge in [-0.2, -0.15) is 0 Å². The molecule has 1 saturated heterocycles. The Labute approximate surface area is 150 Å². The molecular weight excluding hydrogens is 338 g/mol. The van der Waals surface area contributed by atoms with Gasteiger partial charge in [-0.25, -0.2) is 9.97 Å². The van der Waals surface area contributed by atoms with E-state index in [2.05, 4.69) is 4.98 Å². The molecule has 2 aromatic heterocycles. The second-order valence-electron chi connectivity index (χ2n) is 6.81. The van der Waals surface area contributed by atoms with Gasteiger partial charge in [0.1, 0.15) is 22.5 Å². The number of hydrogen-bond donors (Lipinski definition) is 2. The van der Waals surface area contributed by atoms with Crippen LogP contribution in [0, 0.1) is 0 Å². The molecule has 25 heavy (non-hydrogen) atoms. The van der Waals surface area contributed by atoms with Gasteiger partial charge < -0.3 is 16.2 Å². The van der Waals surface area contributed by atoms with Crippen molar-refractivity contribution in [3.05, 3.63) is 16.3 Å². The molecule has 2 aliphatic rings. The van der Waals surface area contributed by atoms with Gasteiger partial charge in [-0.05, 0) is 38.2 Å². The first kappa shape index (κ1) is 16.7. The monoisotopic (exact) mass is 361 g/mol. The summed E-state index contributed by atoms with van der Waals surface area (Å²) in [6.07, 6.45) is 4.36. The number of carbonyl (C=O) groups excluding carboxylic acids is 1.